The Morgan fingerprint density at radius 1 is 1.43 bits per heavy atom. The lowest BCUT2D eigenvalue weighted by Crippen LogP contribution is -2.19. The standard InChI is InChI=1S/C11H12BrNO/c1-2-13-11(14)8-5-9-3-6-10(12)7-4-9/h3-8H,2H2,1H3,(H,13,14). The Kier molecular flexibility index (Phi) is 4.40. The van der Waals surface area contributed by atoms with E-state index in [0.717, 1.165) is 10.0 Å². The molecule has 0 aromatic heterocycles. The number of carbonyl (C=O) groups is 1. The largest absolute Gasteiger partial charge is 0.353 e. The van der Waals surface area contributed by atoms with Crippen molar-refractivity contribution < 1.29 is 4.79 Å². The summed E-state index contributed by atoms with van der Waals surface area (Å²) in [5.74, 6) is -0.0598. The number of likely N-dealkylation sites (N-methyl/N-ethyl adjacent to an activating group) is 1. The van der Waals surface area contributed by atoms with E-state index in [1.54, 1.807) is 6.08 Å². The summed E-state index contributed by atoms with van der Waals surface area (Å²) in [7, 11) is 0. The molecular formula is C11H12BrNO. The average molecular weight is 254 g/mol. The summed E-state index contributed by atoms with van der Waals surface area (Å²) in [6.45, 7) is 2.55. The smallest absolute Gasteiger partial charge is 0.243 e. The molecule has 0 aliphatic carbocycles. The number of hydrogen-bond acceptors (Lipinski definition) is 1. The molecule has 1 N–H and O–H groups in total. The average Bonchev–Trinajstić information content (AvgIpc) is 2.17. The molecule has 0 aliphatic rings. The molecule has 1 amide bonds. The van der Waals surface area contributed by atoms with Crippen LogP contribution < -0.4 is 5.32 Å². The van der Waals surface area contributed by atoms with Crippen molar-refractivity contribution in [2.24, 2.45) is 0 Å². The first-order valence-corrected chi connectivity index (χ1v) is 5.23. The van der Waals surface area contributed by atoms with Gasteiger partial charge < -0.3 is 5.32 Å². The summed E-state index contributed by atoms with van der Waals surface area (Å²) in [6, 6.07) is 7.77. The van der Waals surface area contributed by atoms with Crippen LogP contribution in [-0.4, -0.2) is 12.5 Å². The SMILES string of the molecule is CCNC(=O)C=Cc1ccc(Br)cc1. The number of benzene rings is 1. The fourth-order valence-corrected chi connectivity index (χ4v) is 1.24. The highest BCUT2D eigenvalue weighted by atomic mass is 79.9. The summed E-state index contributed by atoms with van der Waals surface area (Å²) >= 11 is 3.35. The monoisotopic (exact) mass is 253 g/mol. The predicted molar refractivity (Wildman–Crippen MR) is 61.9 cm³/mol. The lowest BCUT2D eigenvalue weighted by Gasteiger charge is -1.95. The van der Waals surface area contributed by atoms with Gasteiger partial charge in [-0.25, -0.2) is 0 Å². The molecule has 0 spiro atoms. The first kappa shape index (κ1) is 11.0. The highest BCUT2D eigenvalue weighted by Crippen LogP contribution is 2.11. The molecule has 0 atom stereocenters. The molecular weight excluding hydrogens is 242 g/mol. The quantitative estimate of drug-likeness (QED) is 0.825. The van der Waals surface area contributed by atoms with Crippen LogP contribution >= 0.6 is 15.9 Å². The number of rotatable bonds is 3. The Hall–Kier alpha value is -1.09. The van der Waals surface area contributed by atoms with Crippen LogP contribution in [0.4, 0.5) is 0 Å². The highest BCUT2D eigenvalue weighted by Gasteiger charge is 1.91. The summed E-state index contributed by atoms with van der Waals surface area (Å²) in [4.78, 5) is 11.1. The van der Waals surface area contributed by atoms with Crippen LogP contribution in [0.1, 0.15) is 12.5 Å². The molecule has 2 nitrogen and oxygen atoms in total. The van der Waals surface area contributed by atoms with Gasteiger partial charge in [-0.2, -0.15) is 0 Å². The maximum absolute atomic E-state index is 11.1. The third-order valence-corrected chi connectivity index (χ3v) is 2.18. The molecule has 0 saturated carbocycles. The van der Waals surface area contributed by atoms with Gasteiger partial charge in [-0.3, -0.25) is 4.79 Å². The minimum Gasteiger partial charge on any atom is -0.353 e. The van der Waals surface area contributed by atoms with Gasteiger partial charge in [0.1, 0.15) is 0 Å². The lowest BCUT2D eigenvalue weighted by atomic mass is 10.2. The Morgan fingerprint density at radius 2 is 2.07 bits per heavy atom. The van der Waals surface area contributed by atoms with Crippen LogP contribution in [0.5, 0.6) is 0 Å². The van der Waals surface area contributed by atoms with Crippen LogP contribution in [0.2, 0.25) is 0 Å². The lowest BCUT2D eigenvalue weighted by molar-refractivity contribution is -0.116. The number of amides is 1. The number of nitrogens with one attached hydrogen (secondary N) is 1. The van der Waals surface area contributed by atoms with Crippen LogP contribution in [0.25, 0.3) is 6.08 Å². The van der Waals surface area contributed by atoms with E-state index in [0.29, 0.717) is 6.54 Å². The van der Waals surface area contributed by atoms with Gasteiger partial charge in [-0.05, 0) is 30.7 Å². The predicted octanol–water partition coefficient (Wildman–Crippen LogP) is 2.60. The number of halogens is 1. The molecule has 1 rings (SSSR count). The Bertz CT molecular complexity index is 330. The normalized spacial score (nSPS) is 10.4. The first-order valence-electron chi connectivity index (χ1n) is 4.44. The summed E-state index contributed by atoms with van der Waals surface area (Å²) in [5, 5.41) is 2.69. The molecule has 0 aliphatic heterocycles. The fourth-order valence-electron chi connectivity index (χ4n) is 0.979. The molecule has 0 unspecified atom stereocenters. The zero-order valence-corrected chi connectivity index (χ0v) is 9.54. The zero-order valence-electron chi connectivity index (χ0n) is 7.96. The second kappa shape index (κ2) is 5.60. The van der Waals surface area contributed by atoms with E-state index >= 15 is 0 Å². The van der Waals surface area contributed by atoms with Crippen molar-refractivity contribution >= 4 is 27.9 Å². The molecule has 1 aromatic carbocycles. The van der Waals surface area contributed by atoms with E-state index < -0.39 is 0 Å². The fraction of sp³-hybridized carbons (Fsp3) is 0.182. The number of carbonyl (C=O) groups excluding carboxylic acids is 1. The molecule has 0 saturated heterocycles. The molecule has 3 heteroatoms. The molecule has 0 bridgehead atoms. The Balaban J connectivity index is 2.60. The highest BCUT2D eigenvalue weighted by molar-refractivity contribution is 9.10. The first-order chi connectivity index (χ1) is 6.72. The van der Waals surface area contributed by atoms with Crippen LogP contribution in [0, 0.1) is 0 Å². The molecule has 1 aromatic rings. The Labute approximate surface area is 92.1 Å². The van der Waals surface area contributed by atoms with E-state index in [4.69, 9.17) is 0 Å². The summed E-state index contributed by atoms with van der Waals surface area (Å²) in [6.07, 6.45) is 3.32. The maximum atomic E-state index is 11.1. The van der Waals surface area contributed by atoms with E-state index in [-0.39, 0.29) is 5.91 Å². The van der Waals surface area contributed by atoms with Crippen molar-refractivity contribution in [3.8, 4) is 0 Å². The third-order valence-electron chi connectivity index (χ3n) is 1.65. The van der Waals surface area contributed by atoms with Crippen LogP contribution in [0.3, 0.4) is 0 Å². The second-order valence-corrected chi connectivity index (χ2v) is 3.70. The van der Waals surface area contributed by atoms with E-state index in [2.05, 4.69) is 21.2 Å². The van der Waals surface area contributed by atoms with Gasteiger partial charge in [-0.1, -0.05) is 28.1 Å². The van der Waals surface area contributed by atoms with Crippen molar-refractivity contribution in [2.75, 3.05) is 6.54 Å². The van der Waals surface area contributed by atoms with Crippen molar-refractivity contribution in [1.82, 2.24) is 5.32 Å². The Morgan fingerprint density at radius 3 is 2.64 bits per heavy atom. The third kappa shape index (κ3) is 3.75. The van der Waals surface area contributed by atoms with Gasteiger partial charge in [0.05, 0.1) is 0 Å². The minimum atomic E-state index is -0.0598. The van der Waals surface area contributed by atoms with E-state index in [9.17, 15) is 4.79 Å². The van der Waals surface area contributed by atoms with Gasteiger partial charge in [-0.15, -0.1) is 0 Å². The second-order valence-electron chi connectivity index (χ2n) is 2.78. The van der Waals surface area contributed by atoms with Gasteiger partial charge in [0.2, 0.25) is 5.91 Å². The van der Waals surface area contributed by atoms with Crippen molar-refractivity contribution in [2.45, 2.75) is 6.92 Å². The van der Waals surface area contributed by atoms with E-state index in [1.807, 2.05) is 31.2 Å². The van der Waals surface area contributed by atoms with E-state index in [1.165, 1.54) is 6.08 Å². The van der Waals surface area contributed by atoms with Crippen molar-refractivity contribution in [3.05, 3.63) is 40.4 Å². The van der Waals surface area contributed by atoms with Gasteiger partial charge in [0.25, 0.3) is 0 Å². The van der Waals surface area contributed by atoms with Crippen molar-refractivity contribution in [1.29, 1.82) is 0 Å². The van der Waals surface area contributed by atoms with Crippen molar-refractivity contribution in [3.63, 3.8) is 0 Å². The summed E-state index contributed by atoms with van der Waals surface area (Å²) < 4.78 is 1.03. The van der Waals surface area contributed by atoms with Gasteiger partial charge >= 0.3 is 0 Å². The van der Waals surface area contributed by atoms with Crippen LogP contribution in [0.15, 0.2) is 34.8 Å². The number of hydrogen-bond donors (Lipinski definition) is 1. The minimum absolute atomic E-state index is 0.0598. The topological polar surface area (TPSA) is 29.1 Å². The summed E-state index contributed by atoms with van der Waals surface area (Å²) in [5.41, 5.74) is 1.01. The van der Waals surface area contributed by atoms with Gasteiger partial charge in [0, 0.05) is 17.1 Å². The van der Waals surface area contributed by atoms with Gasteiger partial charge in [0.15, 0.2) is 0 Å². The molecule has 0 radical (unpaired) electrons. The molecule has 14 heavy (non-hydrogen) atoms. The molecule has 74 valence electrons. The van der Waals surface area contributed by atoms with Crippen LogP contribution in [-0.2, 0) is 4.79 Å². The molecule has 0 fully saturated rings. The maximum Gasteiger partial charge on any atom is 0.243 e. The zero-order chi connectivity index (χ0) is 10.4. The molecule has 0 heterocycles.